The first-order valence-electron chi connectivity index (χ1n) is 6.13. The Morgan fingerprint density at radius 2 is 1.95 bits per heavy atom. The fraction of sp³-hybridized carbons (Fsp3) is 0.0667. The lowest BCUT2D eigenvalue weighted by Crippen LogP contribution is -1.88. The third kappa shape index (κ3) is 2.15. The Kier molecular flexibility index (Phi) is 2.98. The first-order chi connectivity index (χ1) is 9.78. The molecule has 2 aromatic carbocycles. The van der Waals surface area contributed by atoms with Gasteiger partial charge in [0.15, 0.2) is 0 Å². The molecule has 5 nitrogen and oxygen atoms in total. The third-order valence-electron chi connectivity index (χ3n) is 3.14. The normalized spacial score (nSPS) is 10.2. The van der Waals surface area contributed by atoms with E-state index in [2.05, 4.69) is 32.8 Å². The number of aryl methyl sites for hydroxylation is 1. The van der Waals surface area contributed by atoms with E-state index in [1.54, 1.807) is 6.07 Å². The Hall–Kier alpha value is -3.00. The number of H-pyrrole nitrogens is 1. The molecule has 0 aliphatic rings. The lowest BCUT2D eigenvalue weighted by Gasteiger charge is -2.06. The number of nitrogens with zero attached hydrogens (tertiary/aromatic N) is 4. The van der Waals surface area contributed by atoms with Crippen LogP contribution in [0, 0.1) is 18.3 Å². The molecule has 3 aromatic rings. The SMILES string of the molecule is Cc1cc(-c2cccc(C#N)c2)ccc1-c1nn[nH]n1. The van der Waals surface area contributed by atoms with E-state index in [9.17, 15) is 0 Å². The van der Waals surface area contributed by atoms with Crippen LogP contribution in [0.15, 0.2) is 42.5 Å². The lowest BCUT2D eigenvalue weighted by atomic mass is 9.98. The molecule has 20 heavy (non-hydrogen) atoms. The van der Waals surface area contributed by atoms with Crippen LogP contribution in [0.1, 0.15) is 11.1 Å². The number of nitriles is 1. The number of rotatable bonds is 2. The van der Waals surface area contributed by atoms with E-state index in [0.717, 1.165) is 22.3 Å². The molecule has 0 saturated carbocycles. The summed E-state index contributed by atoms with van der Waals surface area (Å²) in [6.07, 6.45) is 0. The van der Waals surface area contributed by atoms with Gasteiger partial charge in [-0.05, 0) is 41.0 Å². The van der Waals surface area contributed by atoms with E-state index in [-0.39, 0.29) is 0 Å². The van der Waals surface area contributed by atoms with Crippen molar-refractivity contribution >= 4 is 0 Å². The van der Waals surface area contributed by atoms with Gasteiger partial charge in [0.25, 0.3) is 0 Å². The first kappa shape index (κ1) is 12.1. The summed E-state index contributed by atoms with van der Waals surface area (Å²) in [5.74, 6) is 0.583. The zero-order valence-electron chi connectivity index (χ0n) is 10.8. The molecule has 0 fully saturated rings. The van der Waals surface area contributed by atoms with Crippen LogP contribution in [0.5, 0.6) is 0 Å². The molecule has 0 amide bonds. The van der Waals surface area contributed by atoms with Gasteiger partial charge >= 0.3 is 0 Å². The monoisotopic (exact) mass is 261 g/mol. The maximum absolute atomic E-state index is 8.96. The summed E-state index contributed by atoms with van der Waals surface area (Å²) in [5, 5.41) is 23.0. The van der Waals surface area contributed by atoms with Gasteiger partial charge in [0.2, 0.25) is 5.82 Å². The van der Waals surface area contributed by atoms with Gasteiger partial charge in [0.1, 0.15) is 0 Å². The van der Waals surface area contributed by atoms with Crippen LogP contribution >= 0.6 is 0 Å². The topological polar surface area (TPSA) is 78.2 Å². The molecule has 5 heteroatoms. The molecule has 3 rings (SSSR count). The van der Waals surface area contributed by atoms with Crippen molar-refractivity contribution in [2.75, 3.05) is 0 Å². The predicted octanol–water partition coefficient (Wildman–Crippen LogP) is 2.71. The molecule has 0 aliphatic carbocycles. The van der Waals surface area contributed by atoms with Crippen molar-refractivity contribution in [2.24, 2.45) is 0 Å². The smallest absolute Gasteiger partial charge is 0.192 e. The molecule has 0 radical (unpaired) electrons. The number of tetrazole rings is 1. The minimum Gasteiger partial charge on any atom is -0.192 e. The summed E-state index contributed by atoms with van der Waals surface area (Å²) >= 11 is 0. The predicted molar refractivity (Wildman–Crippen MR) is 74.5 cm³/mol. The molecule has 0 unspecified atom stereocenters. The van der Waals surface area contributed by atoms with Crippen LogP contribution in [0.3, 0.4) is 0 Å². The highest BCUT2D eigenvalue weighted by atomic mass is 15.5. The largest absolute Gasteiger partial charge is 0.204 e. The summed E-state index contributed by atoms with van der Waals surface area (Å²) in [4.78, 5) is 0. The van der Waals surface area contributed by atoms with E-state index in [1.165, 1.54) is 0 Å². The molecule has 96 valence electrons. The second-order valence-corrected chi connectivity index (χ2v) is 4.46. The second-order valence-electron chi connectivity index (χ2n) is 4.46. The third-order valence-corrected chi connectivity index (χ3v) is 3.14. The molecular weight excluding hydrogens is 250 g/mol. The summed E-state index contributed by atoms with van der Waals surface area (Å²) in [6.45, 7) is 2.00. The average Bonchev–Trinajstić information content (AvgIpc) is 3.01. The van der Waals surface area contributed by atoms with E-state index in [4.69, 9.17) is 5.26 Å². The van der Waals surface area contributed by atoms with Crippen LogP contribution in [0.25, 0.3) is 22.5 Å². The summed E-state index contributed by atoms with van der Waals surface area (Å²) in [5.41, 5.74) is 4.74. The number of hydrogen-bond acceptors (Lipinski definition) is 4. The molecule has 1 heterocycles. The Bertz CT molecular complexity index is 784. The molecule has 0 atom stereocenters. The minimum atomic E-state index is 0.583. The van der Waals surface area contributed by atoms with Crippen LogP contribution < -0.4 is 0 Å². The van der Waals surface area contributed by atoms with E-state index >= 15 is 0 Å². The second kappa shape index (κ2) is 4.94. The molecule has 0 bridgehead atoms. The number of hydrogen-bond donors (Lipinski definition) is 1. The fourth-order valence-electron chi connectivity index (χ4n) is 2.14. The van der Waals surface area contributed by atoms with Crippen LogP contribution in [0.2, 0.25) is 0 Å². The average molecular weight is 261 g/mol. The van der Waals surface area contributed by atoms with Crippen molar-refractivity contribution in [2.45, 2.75) is 6.92 Å². The first-order valence-corrected chi connectivity index (χ1v) is 6.13. The number of nitrogens with one attached hydrogen (secondary N) is 1. The Labute approximate surface area is 115 Å². The van der Waals surface area contributed by atoms with Crippen molar-refractivity contribution in [1.82, 2.24) is 20.6 Å². The molecule has 0 aliphatic heterocycles. The van der Waals surface area contributed by atoms with Crippen LogP contribution in [0.4, 0.5) is 0 Å². The van der Waals surface area contributed by atoms with Gasteiger partial charge in [-0.1, -0.05) is 30.3 Å². The zero-order valence-corrected chi connectivity index (χ0v) is 10.8. The number of aromatic amines is 1. The quantitative estimate of drug-likeness (QED) is 0.769. The fourth-order valence-corrected chi connectivity index (χ4v) is 2.14. The summed E-state index contributed by atoms with van der Waals surface area (Å²) in [7, 11) is 0. The van der Waals surface area contributed by atoms with Gasteiger partial charge in [0, 0.05) is 5.56 Å². The molecule has 0 saturated heterocycles. The highest BCUT2D eigenvalue weighted by Crippen LogP contribution is 2.26. The highest BCUT2D eigenvalue weighted by molar-refractivity contribution is 5.71. The molecular formula is C15H11N5. The molecule has 1 N–H and O–H groups in total. The number of benzene rings is 2. The van der Waals surface area contributed by atoms with Gasteiger partial charge in [-0.15, -0.1) is 10.2 Å². The van der Waals surface area contributed by atoms with Gasteiger partial charge < -0.3 is 0 Å². The van der Waals surface area contributed by atoms with Gasteiger partial charge in [0.05, 0.1) is 11.6 Å². The van der Waals surface area contributed by atoms with Crippen LogP contribution in [-0.2, 0) is 0 Å². The van der Waals surface area contributed by atoms with Gasteiger partial charge in [-0.3, -0.25) is 0 Å². The zero-order chi connectivity index (χ0) is 13.9. The Balaban J connectivity index is 2.04. The molecule has 1 aromatic heterocycles. The van der Waals surface area contributed by atoms with E-state index in [0.29, 0.717) is 11.4 Å². The van der Waals surface area contributed by atoms with Crippen molar-refractivity contribution in [1.29, 1.82) is 5.26 Å². The van der Waals surface area contributed by atoms with Gasteiger partial charge in [-0.25, -0.2) is 0 Å². The van der Waals surface area contributed by atoms with Crippen molar-refractivity contribution in [3.8, 4) is 28.6 Å². The summed E-state index contributed by atoms with van der Waals surface area (Å²) < 4.78 is 0. The molecule has 0 spiro atoms. The van der Waals surface area contributed by atoms with E-state index in [1.807, 2.05) is 37.3 Å². The van der Waals surface area contributed by atoms with Crippen molar-refractivity contribution < 1.29 is 0 Å². The number of aromatic nitrogens is 4. The van der Waals surface area contributed by atoms with Crippen molar-refractivity contribution in [3.05, 3.63) is 53.6 Å². The summed E-state index contributed by atoms with van der Waals surface area (Å²) in [6, 6.07) is 15.7. The standard InChI is InChI=1S/C15H11N5/c1-10-7-13(12-4-2-3-11(8-12)9-16)5-6-14(10)15-17-19-20-18-15/h2-8H,1H3,(H,17,18,19,20). The van der Waals surface area contributed by atoms with E-state index < -0.39 is 0 Å². The van der Waals surface area contributed by atoms with Crippen LogP contribution in [-0.4, -0.2) is 20.6 Å². The Morgan fingerprint density at radius 3 is 2.65 bits per heavy atom. The van der Waals surface area contributed by atoms with Gasteiger partial charge in [-0.2, -0.15) is 10.5 Å². The maximum atomic E-state index is 8.96. The highest BCUT2D eigenvalue weighted by Gasteiger charge is 2.08. The lowest BCUT2D eigenvalue weighted by molar-refractivity contribution is 0.881. The minimum absolute atomic E-state index is 0.583. The Morgan fingerprint density at radius 1 is 1.10 bits per heavy atom. The van der Waals surface area contributed by atoms with Crippen molar-refractivity contribution in [3.63, 3.8) is 0 Å². The maximum Gasteiger partial charge on any atom is 0.204 e.